The summed E-state index contributed by atoms with van der Waals surface area (Å²) in [7, 11) is 0. The average Bonchev–Trinajstić information content (AvgIpc) is 3.02. The molecule has 2 rings (SSSR count). The van der Waals surface area contributed by atoms with Crippen LogP contribution in [0.5, 0.6) is 0 Å². The number of amides is 1. The highest BCUT2D eigenvalue weighted by atomic mass is 16.5. The predicted molar refractivity (Wildman–Crippen MR) is 83.8 cm³/mol. The lowest BCUT2D eigenvalue weighted by Gasteiger charge is -2.33. The second-order valence-corrected chi connectivity index (χ2v) is 5.78. The van der Waals surface area contributed by atoms with E-state index in [0.717, 1.165) is 31.4 Å². The fraction of sp³-hybridized carbons (Fsp3) is 0.588. The van der Waals surface area contributed by atoms with Crippen molar-refractivity contribution < 1.29 is 9.53 Å². The van der Waals surface area contributed by atoms with Gasteiger partial charge in [-0.1, -0.05) is 50.1 Å². The van der Waals surface area contributed by atoms with E-state index in [0.29, 0.717) is 6.61 Å². The molecular formula is C17H26N2O2. The first-order valence-corrected chi connectivity index (χ1v) is 7.91. The molecule has 0 saturated heterocycles. The Morgan fingerprint density at radius 2 is 2.00 bits per heavy atom. The molecule has 21 heavy (non-hydrogen) atoms. The van der Waals surface area contributed by atoms with E-state index in [1.165, 1.54) is 12.8 Å². The second kappa shape index (κ2) is 7.57. The van der Waals surface area contributed by atoms with Crippen molar-refractivity contribution in [3.05, 3.63) is 35.9 Å². The summed E-state index contributed by atoms with van der Waals surface area (Å²) in [5.41, 5.74) is 5.70. The summed E-state index contributed by atoms with van der Waals surface area (Å²) in [6, 6.07) is 9.66. The molecule has 1 aromatic carbocycles. The van der Waals surface area contributed by atoms with Crippen LogP contribution in [0.25, 0.3) is 0 Å². The molecule has 1 aliphatic rings. The Bertz CT molecular complexity index is 443. The zero-order valence-corrected chi connectivity index (χ0v) is 12.8. The van der Waals surface area contributed by atoms with Gasteiger partial charge in [0, 0.05) is 0 Å². The summed E-state index contributed by atoms with van der Waals surface area (Å²) in [6.45, 7) is 3.10. The van der Waals surface area contributed by atoms with Crippen LogP contribution in [-0.2, 0) is 15.1 Å². The van der Waals surface area contributed by atoms with E-state index in [1.807, 2.05) is 30.3 Å². The van der Waals surface area contributed by atoms with Gasteiger partial charge >= 0.3 is 0 Å². The summed E-state index contributed by atoms with van der Waals surface area (Å²) in [5.74, 6) is -0.375. The summed E-state index contributed by atoms with van der Waals surface area (Å²) in [5, 5.41) is 3.32. The van der Waals surface area contributed by atoms with Crippen LogP contribution in [0.3, 0.4) is 0 Å². The zero-order chi connectivity index (χ0) is 15.1. The summed E-state index contributed by atoms with van der Waals surface area (Å²) in [6.07, 6.45) is 5.78. The smallest absolute Gasteiger partial charge is 0.244 e. The standard InChI is InChI=1S/C17H26N2O2/c1-2-12-19-17(16(18)20,14-8-4-3-5-9-14)13-21-15-10-6-7-11-15/h3-5,8-9,15,19H,2,6-7,10-13H2,1H3,(H2,18,20). The minimum absolute atomic E-state index is 0.260. The number of benzene rings is 1. The third-order valence-electron chi connectivity index (χ3n) is 4.20. The fourth-order valence-corrected chi connectivity index (χ4v) is 2.90. The van der Waals surface area contributed by atoms with Crippen molar-refractivity contribution in [2.75, 3.05) is 13.2 Å². The monoisotopic (exact) mass is 290 g/mol. The molecule has 1 atom stereocenters. The molecule has 4 nitrogen and oxygen atoms in total. The lowest BCUT2D eigenvalue weighted by molar-refractivity contribution is -0.128. The Balaban J connectivity index is 2.19. The average molecular weight is 290 g/mol. The predicted octanol–water partition coefficient (Wildman–Crippen LogP) is 2.33. The number of primary amides is 1. The highest BCUT2D eigenvalue weighted by Gasteiger charge is 2.39. The summed E-state index contributed by atoms with van der Waals surface area (Å²) >= 11 is 0. The highest BCUT2D eigenvalue weighted by Crippen LogP contribution is 2.26. The van der Waals surface area contributed by atoms with E-state index in [-0.39, 0.29) is 12.0 Å². The van der Waals surface area contributed by atoms with E-state index in [4.69, 9.17) is 10.5 Å². The van der Waals surface area contributed by atoms with Gasteiger partial charge in [0.1, 0.15) is 5.54 Å². The molecule has 0 aromatic heterocycles. The topological polar surface area (TPSA) is 64.3 Å². The Labute approximate surface area is 127 Å². The molecule has 0 spiro atoms. The van der Waals surface area contributed by atoms with E-state index in [1.54, 1.807) is 0 Å². The molecule has 0 heterocycles. The van der Waals surface area contributed by atoms with Gasteiger partial charge in [0.15, 0.2) is 0 Å². The van der Waals surface area contributed by atoms with Crippen LogP contribution in [0.15, 0.2) is 30.3 Å². The normalized spacial score (nSPS) is 18.5. The molecule has 3 N–H and O–H groups in total. The maximum atomic E-state index is 12.2. The first kappa shape index (κ1) is 16.0. The largest absolute Gasteiger partial charge is 0.375 e. The second-order valence-electron chi connectivity index (χ2n) is 5.78. The van der Waals surface area contributed by atoms with Crippen molar-refractivity contribution in [3.8, 4) is 0 Å². The van der Waals surface area contributed by atoms with Crippen molar-refractivity contribution in [1.29, 1.82) is 0 Å². The van der Waals surface area contributed by atoms with Gasteiger partial charge in [-0.25, -0.2) is 0 Å². The van der Waals surface area contributed by atoms with Crippen molar-refractivity contribution in [1.82, 2.24) is 5.32 Å². The van der Waals surface area contributed by atoms with Gasteiger partial charge in [-0.15, -0.1) is 0 Å². The summed E-state index contributed by atoms with van der Waals surface area (Å²) < 4.78 is 6.02. The fourth-order valence-electron chi connectivity index (χ4n) is 2.90. The molecule has 1 aliphatic carbocycles. The Hall–Kier alpha value is -1.39. The van der Waals surface area contributed by atoms with Crippen LogP contribution in [0.1, 0.15) is 44.6 Å². The molecule has 0 radical (unpaired) electrons. The van der Waals surface area contributed by atoms with E-state index >= 15 is 0 Å². The quantitative estimate of drug-likeness (QED) is 0.772. The molecule has 1 aromatic rings. The summed E-state index contributed by atoms with van der Waals surface area (Å²) in [4.78, 5) is 12.2. The number of nitrogens with two attached hydrogens (primary N) is 1. The SMILES string of the molecule is CCCNC(COC1CCCC1)(C(N)=O)c1ccccc1. The number of hydrogen-bond acceptors (Lipinski definition) is 3. The molecule has 1 unspecified atom stereocenters. The van der Waals surface area contributed by atoms with Crippen LogP contribution < -0.4 is 11.1 Å². The van der Waals surface area contributed by atoms with Gasteiger partial charge in [0.25, 0.3) is 0 Å². The van der Waals surface area contributed by atoms with Gasteiger partial charge in [-0.2, -0.15) is 0 Å². The lowest BCUT2D eigenvalue weighted by atomic mass is 9.89. The first-order valence-electron chi connectivity index (χ1n) is 7.91. The Morgan fingerprint density at radius 3 is 2.57 bits per heavy atom. The van der Waals surface area contributed by atoms with Gasteiger partial charge in [-0.05, 0) is 31.4 Å². The van der Waals surface area contributed by atoms with E-state index in [2.05, 4.69) is 12.2 Å². The number of hydrogen-bond donors (Lipinski definition) is 2. The molecule has 0 bridgehead atoms. The van der Waals surface area contributed by atoms with E-state index in [9.17, 15) is 4.79 Å². The van der Waals surface area contributed by atoms with Gasteiger partial charge in [0.05, 0.1) is 12.7 Å². The van der Waals surface area contributed by atoms with Crippen LogP contribution in [-0.4, -0.2) is 25.2 Å². The zero-order valence-electron chi connectivity index (χ0n) is 12.8. The van der Waals surface area contributed by atoms with Crippen molar-refractivity contribution in [2.45, 2.75) is 50.7 Å². The van der Waals surface area contributed by atoms with Gasteiger partial charge in [0.2, 0.25) is 5.91 Å². The van der Waals surface area contributed by atoms with Crippen LogP contribution in [0.2, 0.25) is 0 Å². The molecule has 116 valence electrons. The maximum Gasteiger partial charge on any atom is 0.244 e. The van der Waals surface area contributed by atoms with Gasteiger partial charge < -0.3 is 10.5 Å². The number of carbonyl (C=O) groups excluding carboxylic acids is 1. The van der Waals surface area contributed by atoms with E-state index < -0.39 is 5.54 Å². The van der Waals surface area contributed by atoms with Crippen molar-refractivity contribution >= 4 is 5.91 Å². The number of ether oxygens (including phenoxy) is 1. The lowest BCUT2D eigenvalue weighted by Crippen LogP contribution is -2.56. The Morgan fingerprint density at radius 1 is 1.33 bits per heavy atom. The van der Waals surface area contributed by atoms with Crippen molar-refractivity contribution in [3.63, 3.8) is 0 Å². The number of carbonyl (C=O) groups is 1. The van der Waals surface area contributed by atoms with Crippen molar-refractivity contribution in [2.24, 2.45) is 5.73 Å². The van der Waals surface area contributed by atoms with Crippen LogP contribution in [0, 0.1) is 0 Å². The minimum atomic E-state index is -0.931. The minimum Gasteiger partial charge on any atom is -0.375 e. The molecule has 1 fully saturated rings. The molecular weight excluding hydrogens is 264 g/mol. The van der Waals surface area contributed by atoms with Crippen LogP contribution in [0.4, 0.5) is 0 Å². The molecule has 1 amide bonds. The third kappa shape index (κ3) is 3.83. The number of rotatable bonds is 8. The third-order valence-corrected chi connectivity index (χ3v) is 4.20. The molecule has 0 aliphatic heterocycles. The van der Waals surface area contributed by atoms with Crippen LogP contribution >= 0.6 is 0 Å². The highest BCUT2D eigenvalue weighted by molar-refractivity contribution is 5.86. The Kier molecular flexibility index (Phi) is 5.76. The number of nitrogens with one attached hydrogen (secondary N) is 1. The molecule has 4 heteroatoms. The molecule has 1 saturated carbocycles. The first-order chi connectivity index (χ1) is 10.2. The van der Waals surface area contributed by atoms with Gasteiger partial charge in [-0.3, -0.25) is 10.1 Å². The maximum absolute atomic E-state index is 12.2.